The number of phenolic OH excluding ortho intramolecular Hbond substituents is 1. The van der Waals surface area contributed by atoms with Gasteiger partial charge in [0.15, 0.2) is 0 Å². The number of thioether (sulfide) groups is 1. The molecule has 43 heavy (non-hydrogen) atoms. The minimum atomic E-state index is -1.28. The summed E-state index contributed by atoms with van der Waals surface area (Å²) in [6.45, 7) is 0. The highest BCUT2D eigenvalue weighted by Crippen LogP contribution is 2.13. The fourth-order valence-electron chi connectivity index (χ4n) is 4.42. The SMILES string of the molecule is CSCCC(NC(=O)C(N)Cc1ccccc1)C(=O)NC(Cc1ccccc1)C(=O)NC(Cc1ccc(O)cc1)C(=O)O. The lowest BCUT2D eigenvalue weighted by atomic mass is 10.0. The normalized spacial score (nSPS) is 13.6. The third-order valence-electron chi connectivity index (χ3n) is 6.79. The molecule has 7 N–H and O–H groups in total. The first kappa shape index (κ1) is 33.2. The zero-order valence-corrected chi connectivity index (χ0v) is 24.8. The van der Waals surface area contributed by atoms with Crippen LogP contribution in [0, 0.1) is 0 Å². The van der Waals surface area contributed by atoms with Gasteiger partial charge in [0.2, 0.25) is 17.7 Å². The van der Waals surface area contributed by atoms with Gasteiger partial charge in [-0.25, -0.2) is 4.79 Å². The van der Waals surface area contributed by atoms with E-state index < -0.39 is 47.9 Å². The van der Waals surface area contributed by atoms with Gasteiger partial charge in [-0.15, -0.1) is 0 Å². The molecule has 4 atom stereocenters. The van der Waals surface area contributed by atoms with Crippen LogP contribution in [0.15, 0.2) is 84.9 Å². The molecule has 0 aliphatic rings. The van der Waals surface area contributed by atoms with Crippen LogP contribution in [0.2, 0.25) is 0 Å². The minimum Gasteiger partial charge on any atom is -0.508 e. The number of carboxylic acids is 1. The first-order valence-electron chi connectivity index (χ1n) is 13.9. The van der Waals surface area contributed by atoms with Crippen molar-refractivity contribution in [2.75, 3.05) is 12.0 Å². The molecule has 3 aromatic rings. The second kappa shape index (κ2) is 16.9. The fourth-order valence-corrected chi connectivity index (χ4v) is 4.89. The monoisotopic (exact) mass is 606 g/mol. The molecule has 0 aromatic heterocycles. The van der Waals surface area contributed by atoms with Gasteiger partial charge in [-0.05, 0) is 53.7 Å². The van der Waals surface area contributed by atoms with E-state index in [9.17, 15) is 29.4 Å². The highest BCUT2D eigenvalue weighted by Gasteiger charge is 2.30. The van der Waals surface area contributed by atoms with Crippen LogP contribution in [0.5, 0.6) is 5.75 Å². The lowest BCUT2D eigenvalue weighted by Crippen LogP contribution is -2.58. The Balaban J connectivity index is 1.75. The molecular formula is C32H38N4O6S. The van der Waals surface area contributed by atoms with Gasteiger partial charge in [0, 0.05) is 12.8 Å². The van der Waals surface area contributed by atoms with E-state index in [2.05, 4.69) is 16.0 Å². The molecule has 0 spiro atoms. The van der Waals surface area contributed by atoms with Crippen LogP contribution >= 0.6 is 11.8 Å². The highest BCUT2D eigenvalue weighted by atomic mass is 32.2. The summed E-state index contributed by atoms with van der Waals surface area (Å²) in [4.78, 5) is 52.0. The first-order valence-corrected chi connectivity index (χ1v) is 15.3. The van der Waals surface area contributed by atoms with Crippen molar-refractivity contribution in [3.8, 4) is 5.75 Å². The van der Waals surface area contributed by atoms with Crippen molar-refractivity contribution >= 4 is 35.5 Å². The molecular weight excluding hydrogens is 568 g/mol. The number of hydrogen-bond acceptors (Lipinski definition) is 7. The number of rotatable bonds is 16. The summed E-state index contributed by atoms with van der Waals surface area (Å²) in [5.41, 5.74) is 8.39. The van der Waals surface area contributed by atoms with Gasteiger partial charge >= 0.3 is 5.97 Å². The number of carboxylic acid groups (broad SMARTS) is 1. The molecule has 0 bridgehead atoms. The molecule has 0 radical (unpaired) electrons. The maximum Gasteiger partial charge on any atom is 0.326 e. The fraction of sp³-hybridized carbons (Fsp3) is 0.312. The van der Waals surface area contributed by atoms with E-state index in [4.69, 9.17) is 5.73 Å². The van der Waals surface area contributed by atoms with Crippen LogP contribution in [-0.4, -0.2) is 70.1 Å². The maximum atomic E-state index is 13.5. The molecule has 0 fully saturated rings. The third kappa shape index (κ3) is 11.1. The number of carbonyl (C=O) groups excluding carboxylic acids is 3. The summed E-state index contributed by atoms with van der Waals surface area (Å²) >= 11 is 1.50. The number of aromatic hydroxyl groups is 1. The Hall–Kier alpha value is -4.35. The molecule has 0 aliphatic heterocycles. The molecule has 228 valence electrons. The molecule has 3 aromatic carbocycles. The van der Waals surface area contributed by atoms with E-state index in [0.29, 0.717) is 24.2 Å². The zero-order valence-electron chi connectivity index (χ0n) is 23.9. The van der Waals surface area contributed by atoms with Crippen LogP contribution in [0.4, 0.5) is 0 Å². The smallest absolute Gasteiger partial charge is 0.326 e. The van der Waals surface area contributed by atoms with Crippen molar-refractivity contribution in [1.82, 2.24) is 16.0 Å². The number of nitrogens with two attached hydrogens (primary N) is 1. The van der Waals surface area contributed by atoms with E-state index in [1.165, 1.54) is 23.9 Å². The number of nitrogens with one attached hydrogen (secondary N) is 3. The molecule has 3 amide bonds. The molecule has 0 saturated carbocycles. The quantitative estimate of drug-likeness (QED) is 0.144. The van der Waals surface area contributed by atoms with Crippen molar-refractivity contribution < 1.29 is 29.4 Å². The number of amides is 3. The molecule has 10 nitrogen and oxygen atoms in total. The van der Waals surface area contributed by atoms with Crippen molar-refractivity contribution in [2.24, 2.45) is 5.73 Å². The Bertz CT molecular complexity index is 1340. The Morgan fingerprint density at radius 2 is 1.14 bits per heavy atom. The van der Waals surface area contributed by atoms with E-state index in [1.807, 2.05) is 42.7 Å². The minimum absolute atomic E-state index is 0.0287. The number of hydrogen-bond donors (Lipinski definition) is 6. The van der Waals surface area contributed by atoms with Gasteiger partial charge in [0.1, 0.15) is 23.9 Å². The Labute approximate surface area is 255 Å². The Morgan fingerprint density at radius 3 is 1.70 bits per heavy atom. The van der Waals surface area contributed by atoms with E-state index in [-0.39, 0.29) is 18.6 Å². The predicted octanol–water partition coefficient (Wildman–Crippen LogP) is 2.04. The van der Waals surface area contributed by atoms with E-state index in [1.54, 1.807) is 36.4 Å². The predicted molar refractivity (Wildman–Crippen MR) is 167 cm³/mol. The van der Waals surface area contributed by atoms with Crippen molar-refractivity contribution in [1.29, 1.82) is 0 Å². The average Bonchev–Trinajstić information content (AvgIpc) is 3.00. The van der Waals surface area contributed by atoms with E-state index >= 15 is 0 Å². The number of phenols is 1. The first-order chi connectivity index (χ1) is 20.7. The Kier molecular flexibility index (Phi) is 13.1. The van der Waals surface area contributed by atoms with E-state index in [0.717, 1.165) is 11.1 Å². The van der Waals surface area contributed by atoms with Gasteiger partial charge in [-0.1, -0.05) is 72.8 Å². The van der Waals surface area contributed by atoms with Gasteiger partial charge in [0.25, 0.3) is 0 Å². The molecule has 0 saturated heterocycles. The zero-order chi connectivity index (χ0) is 31.2. The molecule has 3 rings (SSSR count). The van der Waals surface area contributed by atoms with Gasteiger partial charge in [-0.2, -0.15) is 11.8 Å². The van der Waals surface area contributed by atoms with Crippen LogP contribution in [0.25, 0.3) is 0 Å². The summed E-state index contributed by atoms with van der Waals surface area (Å²) in [5.74, 6) is -2.39. The van der Waals surface area contributed by atoms with Crippen molar-refractivity contribution in [3.63, 3.8) is 0 Å². The Morgan fingerprint density at radius 1 is 0.674 bits per heavy atom. The maximum absolute atomic E-state index is 13.5. The van der Waals surface area contributed by atoms with Crippen LogP contribution in [0.3, 0.4) is 0 Å². The van der Waals surface area contributed by atoms with Gasteiger partial charge < -0.3 is 31.9 Å². The summed E-state index contributed by atoms with van der Waals surface area (Å²) in [5, 5.41) is 27.4. The summed E-state index contributed by atoms with van der Waals surface area (Å²) < 4.78 is 0. The van der Waals surface area contributed by atoms with Gasteiger partial charge in [0.05, 0.1) is 6.04 Å². The second-order valence-electron chi connectivity index (χ2n) is 10.2. The number of benzene rings is 3. The molecule has 4 unspecified atom stereocenters. The second-order valence-corrected chi connectivity index (χ2v) is 11.1. The lowest BCUT2D eigenvalue weighted by molar-refractivity contribution is -0.142. The van der Waals surface area contributed by atoms with Crippen molar-refractivity contribution in [2.45, 2.75) is 49.9 Å². The number of aliphatic carboxylic acids is 1. The molecule has 0 heterocycles. The summed E-state index contributed by atoms with van der Waals surface area (Å²) in [6.07, 6.45) is 2.54. The van der Waals surface area contributed by atoms with Crippen LogP contribution in [0.1, 0.15) is 23.1 Å². The third-order valence-corrected chi connectivity index (χ3v) is 7.43. The number of carbonyl (C=O) groups is 4. The topological polar surface area (TPSA) is 171 Å². The highest BCUT2D eigenvalue weighted by molar-refractivity contribution is 7.98. The molecule has 0 aliphatic carbocycles. The lowest BCUT2D eigenvalue weighted by Gasteiger charge is -2.25. The standard InChI is InChI=1S/C32H38N4O6S/c1-43-17-16-26(34-29(38)25(33)18-21-8-4-2-5-9-21)30(39)35-27(19-22-10-6-3-7-11-22)31(40)36-28(32(41)42)20-23-12-14-24(37)15-13-23/h2-15,25-28,37H,16-20,33H2,1H3,(H,34,38)(H,35,39)(H,36,40)(H,41,42). The van der Waals surface area contributed by atoms with Crippen molar-refractivity contribution in [3.05, 3.63) is 102 Å². The van der Waals surface area contributed by atoms with Crippen LogP contribution < -0.4 is 21.7 Å². The molecule has 11 heteroatoms. The largest absolute Gasteiger partial charge is 0.508 e. The van der Waals surface area contributed by atoms with Gasteiger partial charge in [-0.3, -0.25) is 14.4 Å². The summed E-state index contributed by atoms with van der Waals surface area (Å²) in [6, 6.07) is 20.1. The summed E-state index contributed by atoms with van der Waals surface area (Å²) in [7, 11) is 0. The van der Waals surface area contributed by atoms with Crippen LogP contribution in [-0.2, 0) is 38.4 Å². The average molecular weight is 607 g/mol.